The molecule has 1 aromatic heterocycles. The molecular formula is C18H21NO4S. The Morgan fingerprint density at radius 3 is 3.00 bits per heavy atom. The molecule has 6 heteroatoms. The Kier molecular flexibility index (Phi) is 5.37. The Morgan fingerprint density at radius 2 is 2.21 bits per heavy atom. The standard InChI is InChI=1S/C18H21NO4S/c1-22-15-4-3-13(18(20)21)11-16(15)23-9-2-7-19-8-5-17-14(12-19)6-10-24-17/h3-4,6,10-11H,2,5,7-9,12H2,1H3,(H,20,21). The number of methoxy groups -OCH3 is 1. The maximum atomic E-state index is 11.1. The number of fused-ring (bicyclic) bond motifs is 1. The van der Waals surface area contributed by atoms with Crippen molar-refractivity contribution >= 4 is 17.3 Å². The number of thiophene rings is 1. The topological polar surface area (TPSA) is 59.0 Å². The van der Waals surface area contributed by atoms with Gasteiger partial charge in [-0.1, -0.05) is 0 Å². The van der Waals surface area contributed by atoms with Crippen molar-refractivity contribution in [3.05, 3.63) is 45.6 Å². The first-order valence-electron chi connectivity index (χ1n) is 7.99. The number of ether oxygens (including phenoxy) is 2. The van der Waals surface area contributed by atoms with Gasteiger partial charge in [-0.25, -0.2) is 4.79 Å². The number of carbonyl (C=O) groups is 1. The summed E-state index contributed by atoms with van der Waals surface area (Å²) in [5.74, 6) is 0.0689. The first-order valence-corrected chi connectivity index (χ1v) is 8.87. The Labute approximate surface area is 145 Å². The van der Waals surface area contributed by atoms with Gasteiger partial charge in [0.25, 0.3) is 0 Å². The molecule has 0 saturated heterocycles. The smallest absolute Gasteiger partial charge is 0.335 e. The number of rotatable bonds is 7. The molecule has 24 heavy (non-hydrogen) atoms. The van der Waals surface area contributed by atoms with E-state index in [1.165, 1.54) is 22.6 Å². The Balaban J connectivity index is 1.50. The number of nitrogens with zero attached hydrogens (tertiary/aromatic N) is 1. The van der Waals surface area contributed by atoms with Crippen LogP contribution in [0.25, 0.3) is 0 Å². The van der Waals surface area contributed by atoms with Crippen molar-refractivity contribution in [1.29, 1.82) is 0 Å². The van der Waals surface area contributed by atoms with E-state index in [1.807, 2.05) is 11.3 Å². The molecule has 2 aromatic rings. The molecule has 0 saturated carbocycles. The normalized spacial score (nSPS) is 14.2. The third-order valence-corrected chi connectivity index (χ3v) is 5.20. The zero-order valence-corrected chi connectivity index (χ0v) is 14.5. The summed E-state index contributed by atoms with van der Waals surface area (Å²) in [7, 11) is 1.55. The quantitative estimate of drug-likeness (QED) is 0.779. The number of hydrogen-bond acceptors (Lipinski definition) is 5. The predicted octanol–water partition coefficient (Wildman–Crippen LogP) is 3.28. The largest absolute Gasteiger partial charge is 0.493 e. The fourth-order valence-electron chi connectivity index (χ4n) is 2.89. The highest BCUT2D eigenvalue weighted by Gasteiger charge is 2.16. The monoisotopic (exact) mass is 347 g/mol. The second kappa shape index (κ2) is 7.68. The van der Waals surface area contributed by atoms with Crippen molar-refractivity contribution in [3.63, 3.8) is 0 Å². The number of carboxylic acid groups (broad SMARTS) is 1. The fraction of sp³-hybridized carbons (Fsp3) is 0.389. The molecule has 0 spiro atoms. The summed E-state index contributed by atoms with van der Waals surface area (Å²) in [6.07, 6.45) is 2.02. The summed E-state index contributed by atoms with van der Waals surface area (Å²) in [5, 5.41) is 11.2. The van der Waals surface area contributed by atoms with E-state index in [2.05, 4.69) is 16.3 Å². The molecule has 1 aromatic carbocycles. The summed E-state index contributed by atoms with van der Waals surface area (Å²) in [5.41, 5.74) is 1.65. The minimum atomic E-state index is -0.970. The lowest BCUT2D eigenvalue weighted by Gasteiger charge is -2.26. The highest BCUT2D eigenvalue weighted by Crippen LogP contribution is 2.28. The van der Waals surface area contributed by atoms with Gasteiger partial charge in [0, 0.05) is 24.5 Å². The zero-order valence-electron chi connectivity index (χ0n) is 13.7. The molecule has 5 nitrogen and oxygen atoms in total. The third kappa shape index (κ3) is 3.88. The molecule has 0 aliphatic carbocycles. The van der Waals surface area contributed by atoms with E-state index in [9.17, 15) is 4.79 Å². The van der Waals surface area contributed by atoms with Crippen LogP contribution in [0.4, 0.5) is 0 Å². The molecule has 0 atom stereocenters. The van der Waals surface area contributed by atoms with Crippen molar-refractivity contribution in [2.75, 3.05) is 26.8 Å². The molecule has 0 unspecified atom stereocenters. The maximum absolute atomic E-state index is 11.1. The van der Waals surface area contributed by atoms with Gasteiger partial charge >= 0.3 is 5.97 Å². The lowest BCUT2D eigenvalue weighted by atomic mass is 10.1. The van der Waals surface area contributed by atoms with E-state index >= 15 is 0 Å². The summed E-state index contributed by atoms with van der Waals surface area (Å²) in [4.78, 5) is 15.0. The summed E-state index contributed by atoms with van der Waals surface area (Å²) < 4.78 is 11.0. The van der Waals surface area contributed by atoms with Crippen LogP contribution in [-0.4, -0.2) is 42.8 Å². The highest BCUT2D eigenvalue weighted by molar-refractivity contribution is 7.10. The molecule has 0 bridgehead atoms. The van der Waals surface area contributed by atoms with Crippen molar-refractivity contribution in [3.8, 4) is 11.5 Å². The fourth-order valence-corrected chi connectivity index (χ4v) is 3.78. The first kappa shape index (κ1) is 16.8. The number of hydrogen-bond donors (Lipinski definition) is 1. The van der Waals surface area contributed by atoms with E-state index in [0.717, 1.165) is 32.5 Å². The van der Waals surface area contributed by atoms with Crippen molar-refractivity contribution < 1.29 is 19.4 Å². The maximum Gasteiger partial charge on any atom is 0.335 e. The molecule has 2 heterocycles. The summed E-state index contributed by atoms with van der Waals surface area (Å²) >= 11 is 1.85. The average Bonchev–Trinajstić information content (AvgIpc) is 3.06. The Bertz CT molecular complexity index is 713. The van der Waals surface area contributed by atoms with Gasteiger partial charge in [0.1, 0.15) is 0 Å². The van der Waals surface area contributed by atoms with Gasteiger partial charge in [-0.05, 0) is 48.1 Å². The minimum absolute atomic E-state index is 0.201. The van der Waals surface area contributed by atoms with Crippen LogP contribution in [0.15, 0.2) is 29.6 Å². The molecular weight excluding hydrogens is 326 g/mol. The van der Waals surface area contributed by atoms with Crippen LogP contribution in [0.1, 0.15) is 27.2 Å². The van der Waals surface area contributed by atoms with Gasteiger partial charge < -0.3 is 14.6 Å². The van der Waals surface area contributed by atoms with Crippen LogP contribution in [0.3, 0.4) is 0 Å². The predicted molar refractivity (Wildman–Crippen MR) is 93.4 cm³/mol. The highest BCUT2D eigenvalue weighted by atomic mass is 32.1. The number of benzene rings is 1. The molecule has 3 rings (SSSR count). The first-order chi connectivity index (χ1) is 11.7. The average molecular weight is 347 g/mol. The van der Waals surface area contributed by atoms with E-state index in [1.54, 1.807) is 13.2 Å². The molecule has 128 valence electrons. The Hall–Kier alpha value is -2.05. The van der Waals surface area contributed by atoms with Crippen LogP contribution in [0.2, 0.25) is 0 Å². The van der Waals surface area contributed by atoms with Gasteiger partial charge in [0.2, 0.25) is 0 Å². The van der Waals surface area contributed by atoms with E-state index in [4.69, 9.17) is 14.6 Å². The van der Waals surface area contributed by atoms with Crippen LogP contribution in [0.5, 0.6) is 11.5 Å². The molecule has 0 amide bonds. The number of carboxylic acids is 1. The van der Waals surface area contributed by atoms with E-state index < -0.39 is 5.97 Å². The molecule has 1 N–H and O–H groups in total. The summed E-state index contributed by atoms with van der Waals surface area (Å²) in [6, 6.07) is 6.87. The van der Waals surface area contributed by atoms with Gasteiger partial charge in [-0.15, -0.1) is 11.3 Å². The SMILES string of the molecule is COc1ccc(C(=O)O)cc1OCCCN1CCc2sccc2C1. The zero-order chi connectivity index (χ0) is 16.9. The lowest BCUT2D eigenvalue weighted by Crippen LogP contribution is -2.31. The second-order valence-corrected chi connectivity index (χ2v) is 6.77. The van der Waals surface area contributed by atoms with Crippen molar-refractivity contribution in [1.82, 2.24) is 4.90 Å². The molecule has 0 radical (unpaired) electrons. The van der Waals surface area contributed by atoms with E-state index in [0.29, 0.717) is 18.1 Å². The minimum Gasteiger partial charge on any atom is -0.493 e. The van der Waals surface area contributed by atoms with Crippen LogP contribution in [-0.2, 0) is 13.0 Å². The van der Waals surface area contributed by atoms with Crippen LogP contribution < -0.4 is 9.47 Å². The summed E-state index contributed by atoms with van der Waals surface area (Å²) in [6.45, 7) is 3.60. The molecule has 1 aliphatic rings. The van der Waals surface area contributed by atoms with E-state index in [-0.39, 0.29) is 5.56 Å². The van der Waals surface area contributed by atoms with Crippen molar-refractivity contribution in [2.45, 2.75) is 19.4 Å². The third-order valence-electron chi connectivity index (χ3n) is 4.17. The lowest BCUT2D eigenvalue weighted by molar-refractivity contribution is 0.0696. The van der Waals surface area contributed by atoms with Gasteiger partial charge in [-0.3, -0.25) is 4.90 Å². The second-order valence-electron chi connectivity index (χ2n) is 5.77. The van der Waals surface area contributed by atoms with Gasteiger partial charge in [-0.2, -0.15) is 0 Å². The van der Waals surface area contributed by atoms with Gasteiger partial charge in [0.15, 0.2) is 11.5 Å². The molecule has 0 fully saturated rings. The van der Waals surface area contributed by atoms with Crippen LogP contribution in [0, 0.1) is 0 Å². The van der Waals surface area contributed by atoms with Crippen molar-refractivity contribution in [2.24, 2.45) is 0 Å². The Morgan fingerprint density at radius 1 is 1.33 bits per heavy atom. The molecule has 1 aliphatic heterocycles. The van der Waals surface area contributed by atoms with Gasteiger partial charge in [0.05, 0.1) is 19.3 Å². The van der Waals surface area contributed by atoms with Crippen LogP contribution >= 0.6 is 11.3 Å². The number of aromatic carboxylic acids is 1.